The van der Waals surface area contributed by atoms with Crippen LogP contribution >= 0.6 is 0 Å². The standard InChI is InChI=1S/C10H11F3N2O3/c1-2-17-9(16)6-3-4-7(15-14)8(5-6)18-10(11,12)13/h3-5,15H,2,14H2,1H3. The van der Waals surface area contributed by atoms with Crippen LogP contribution in [0.5, 0.6) is 5.75 Å². The lowest BCUT2D eigenvalue weighted by Crippen LogP contribution is -2.19. The summed E-state index contributed by atoms with van der Waals surface area (Å²) in [7, 11) is 0. The smallest absolute Gasteiger partial charge is 0.462 e. The van der Waals surface area contributed by atoms with Gasteiger partial charge >= 0.3 is 12.3 Å². The van der Waals surface area contributed by atoms with Crippen molar-refractivity contribution >= 4 is 11.7 Å². The second-order valence-electron chi connectivity index (χ2n) is 3.12. The molecular formula is C10H11F3N2O3. The molecule has 1 aromatic rings. The van der Waals surface area contributed by atoms with Gasteiger partial charge in [0.15, 0.2) is 5.75 Å². The molecule has 0 saturated heterocycles. The SMILES string of the molecule is CCOC(=O)c1ccc(NN)c(OC(F)(F)F)c1. The summed E-state index contributed by atoms with van der Waals surface area (Å²) in [5.74, 6) is 3.70. The molecule has 0 atom stereocenters. The molecule has 0 aliphatic heterocycles. The van der Waals surface area contributed by atoms with E-state index >= 15 is 0 Å². The van der Waals surface area contributed by atoms with Crippen molar-refractivity contribution in [2.75, 3.05) is 12.0 Å². The van der Waals surface area contributed by atoms with E-state index in [-0.39, 0.29) is 17.9 Å². The Bertz CT molecular complexity index is 435. The molecule has 0 aliphatic rings. The van der Waals surface area contributed by atoms with Gasteiger partial charge in [-0.05, 0) is 25.1 Å². The Hall–Kier alpha value is -1.96. The first-order valence-electron chi connectivity index (χ1n) is 4.91. The van der Waals surface area contributed by atoms with Crippen LogP contribution in [0.3, 0.4) is 0 Å². The Morgan fingerprint density at radius 2 is 2.11 bits per heavy atom. The Morgan fingerprint density at radius 3 is 2.61 bits per heavy atom. The number of alkyl halides is 3. The van der Waals surface area contributed by atoms with Gasteiger partial charge in [0, 0.05) is 0 Å². The van der Waals surface area contributed by atoms with Crippen molar-refractivity contribution in [3.8, 4) is 5.75 Å². The maximum Gasteiger partial charge on any atom is 0.573 e. The number of carbonyl (C=O) groups is 1. The Balaban J connectivity index is 3.05. The molecule has 5 nitrogen and oxygen atoms in total. The number of hydrazine groups is 1. The largest absolute Gasteiger partial charge is 0.573 e. The summed E-state index contributed by atoms with van der Waals surface area (Å²) in [4.78, 5) is 11.4. The second kappa shape index (κ2) is 5.58. The number of carbonyl (C=O) groups excluding carboxylic acids is 1. The third-order valence-corrected chi connectivity index (χ3v) is 1.87. The molecule has 3 N–H and O–H groups in total. The fourth-order valence-electron chi connectivity index (χ4n) is 1.19. The van der Waals surface area contributed by atoms with E-state index in [1.54, 1.807) is 6.92 Å². The maximum absolute atomic E-state index is 12.1. The lowest BCUT2D eigenvalue weighted by Gasteiger charge is -2.13. The first-order chi connectivity index (χ1) is 8.37. The summed E-state index contributed by atoms with van der Waals surface area (Å²) in [6, 6.07) is 3.37. The van der Waals surface area contributed by atoms with E-state index < -0.39 is 18.1 Å². The van der Waals surface area contributed by atoms with Gasteiger partial charge < -0.3 is 14.9 Å². The zero-order valence-corrected chi connectivity index (χ0v) is 9.38. The number of rotatable bonds is 4. The van der Waals surface area contributed by atoms with E-state index in [0.29, 0.717) is 0 Å². The first-order valence-corrected chi connectivity index (χ1v) is 4.91. The summed E-state index contributed by atoms with van der Waals surface area (Å²) < 4.78 is 44.8. The summed E-state index contributed by atoms with van der Waals surface area (Å²) >= 11 is 0. The molecule has 0 fully saturated rings. The second-order valence-corrected chi connectivity index (χ2v) is 3.12. The van der Waals surface area contributed by atoms with Gasteiger partial charge in [0.1, 0.15) is 0 Å². The number of nitrogen functional groups attached to an aromatic ring is 1. The highest BCUT2D eigenvalue weighted by Gasteiger charge is 2.32. The Kier molecular flexibility index (Phi) is 4.38. The van der Waals surface area contributed by atoms with E-state index in [9.17, 15) is 18.0 Å². The fourth-order valence-corrected chi connectivity index (χ4v) is 1.19. The van der Waals surface area contributed by atoms with E-state index in [0.717, 1.165) is 6.07 Å². The normalized spacial score (nSPS) is 10.9. The molecule has 18 heavy (non-hydrogen) atoms. The van der Waals surface area contributed by atoms with Crippen LogP contribution in [0.2, 0.25) is 0 Å². The van der Waals surface area contributed by atoms with Crippen molar-refractivity contribution in [3.63, 3.8) is 0 Å². The highest BCUT2D eigenvalue weighted by molar-refractivity contribution is 5.90. The third kappa shape index (κ3) is 3.81. The van der Waals surface area contributed by atoms with Crippen molar-refractivity contribution in [1.29, 1.82) is 0 Å². The average Bonchev–Trinajstić information content (AvgIpc) is 2.27. The number of nitrogens with one attached hydrogen (secondary N) is 1. The van der Waals surface area contributed by atoms with E-state index in [1.165, 1.54) is 12.1 Å². The molecule has 0 amide bonds. The van der Waals surface area contributed by atoms with Gasteiger partial charge in [0.25, 0.3) is 0 Å². The maximum atomic E-state index is 12.1. The van der Waals surface area contributed by atoms with Gasteiger partial charge in [0.05, 0.1) is 17.9 Å². The van der Waals surface area contributed by atoms with E-state index in [4.69, 9.17) is 5.84 Å². The average molecular weight is 264 g/mol. The lowest BCUT2D eigenvalue weighted by molar-refractivity contribution is -0.274. The minimum atomic E-state index is -4.88. The lowest BCUT2D eigenvalue weighted by atomic mass is 10.2. The van der Waals surface area contributed by atoms with Gasteiger partial charge in [-0.3, -0.25) is 5.84 Å². The van der Waals surface area contributed by atoms with Crippen molar-refractivity contribution in [3.05, 3.63) is 23.8 Å². The van der Waals surface area contributed by atoms with Crippen LogP contribution in [0.25, 0.3) is 0 Å². The summed E-state index contributed by atoms with van der Waals surface area (Å²) in [5.41, 5.74) is 1.88. The molecule has 8 heteroatoms. The Morgan fingerprint density at radius 1 is 1.44 bits per heavy atom. The number of hydrogen-bond donors (Lipinski definition) is 2. The highest BCUT2D eigenvalue weighted by atomic mass is 19.4. The number of benzene rings is 1. The van der Waals surface area contributed by atoms with Gasteiger partial charge in [-0.25, -0.2) is 4.79 Å². The number of nitrogens with two attached hydrogens (primary N) is 1. The summed E-state index contributed by atoms with van der Waals surface area (Å²) in [6.07, 6.45) is -4.88. The van der Waals surface area contributed by atoms with Crippen LogP contribution in [-0.4, -0.2) is 18.9 Å². The van der Waals surface area contributed by atoms with Gasteiger partial charge in [-0.1, -0.05) is 0 Å². The van der Waals surface area contributed by atoms with E-state index in [1.807, 2.05) is 5.43 Å². The first kappa shape index (κ1) is 14.1. The molecule has 1 rings (SSSR count). The van der Waals surface area contributed by atoms with Gasteiger partial charge in [0.2, 0.25) is 0 Å². The predicted octanol–water partition coefficient (Wildman–Crippen LogP) is 2.05. The molecule has 100 valence electrons. The van der Waals surface area contributed by atoms with Crippen LogP contribution in [0, 0.1) is 0 Å². The minimum Gasteiger partial charge on any atom is -0.462 e. The molecule has 0 unspecified atom stereocenters. The molecule has 0 bridgehead atoms. The van der Waals surface area contributed by atoms with Crippen molar-refractivity contribution in [1.82, 2.24) is 0 Å². The molecule has 0 aromatic heterocycles. The zero-order valence-electron chi connectivity index (χ0n) is 9.38. The van der Waals surface area contributed by atoms with Crippen LogP contribution in [0.4, 0.5) is 18.9 Å². The van der Waals surface area contributed by atoms with E-state index in [2.05, 4.69) is 9.47 Å². The van der Waals surface area contributed by atoms with Crippen LogP contribution < -0.4 is 16.0 Å². The van der Waals surface area contributed by atoms with Crippen molar-refractivity contribution in [2.24, 2.45) is 5.84 Å². The van der Waals surface area contributed by atoms with Gasteiger partial charge in [-0.2, -0.15) is 0 Å². The van der Waals surface area contributed by atoms with Crippen LogP contribution in [0.1, 0.15) is 17.3 Å². The molecule has 1 aromatic carbocycles. The number of hydrogen-bond acceptors (Lipinski definition) is 5. The van der Waals surface area contributed by atoms with Crippen molar-refractivity contribution in [2.45, 2.75) is 13.3 Å². The topological polar surface area (TPSA) is 73.6 Å². The fraction of sp³-hybridized carbons (Fsp3) is 0.300. The Labute approximate surface area is 101 Å². The molecule has 0 heterocycles. The molecule has 0 spiro atoms. The third-order valence-electron chi connectivity index (χ3n) is 1.87. The molecule has 0 aliphatic carbocycles. The summed E-state index contributed by atoms with van der Waals surface area (Å²) in [6.45, 7) is 1.70. The highest BCUT2D eigenvalue weighted by Crippen LogP contribution is 2.30. The number of ether oxygens (including phenoxy) is 2. The number of esters is 1. The summed E-state index contributed by atoms with van der Waals surface area (Å²) in [5, 5.41) is 0. The number of halogens is 3. The predicted molar refractivity (Wildman–Crippen MR) is 56.9 cm³/mol. The quantitative estimate of drug-likeness (QED) is 0.494. The molecule has 0 saturated carbocycles. The minimum absolute atomic E-state index is 0.0601. The molecular weight excluding hydrogens is 253 g/mol. The van der Waals surface area contributed by atoms with Crippen LogP contribution in [-0.2, 0) is 4.74 Å². The molecule has 0 radical (unpaired) electrons. The van der Waals surface area contributed by atoms with Crippen molar-refractivity contribution < 1.29 is 27.4 Å². The van der Waals surface area contributed by atoms with Gasteiger partial charge in [-0.15, -0.1) is 13.2 Å². The van der Waals surface area contributed by atoms with Crippen LogP contribution in [0.15, 0.2) is 18.2 Å². The zero-order chi connectivity index (χ0) is 13.8. The number of anilines is 1. The monoisotopic (exact) mass is 264 g/mol.